The van der Waals surface area contributed by atoms with Gasteiger partial charge in [0.05, 0.1) is 11.3 Å². The molecule has 1 aromatic rings. The molecule has 1 N–H and O–H groups in total. The van der Waals surface area contributed by atoms with Crippen molar-refractivity contribution in [2.75, 3.05) is 5.75 Å². The molecule has 3 nitrogen and oxygen atoms in total. The van der Waals surface area contributed by atoms with Crippen LogP contribution in [0.3, 0.4) is 0 Å². The fraction of sp³-hybridized carbons (Fsp3) is 0.455. The number of hydrogen-bond acceptors (Lipinski definition) is 2. The third-order valence-corrected chi connectivity index (χ3v) is 3.93. The lowest BCUT2D eigenvalue weighted by molar-refractivity contribution is -0.154. The molecule has 0 saturated heterocycles. The number of halogens is 5. The molecule has 0 heterocycles. The van der Waals surface area contributed by atoms with Crippen LogP contribution in [0.1, 0.15) is 24.9 Å². The zero-order valence-electron chi connectivity index (χ0n) is 10.3. The van der Waals surface area contributed by atoms with Gasteiger partial charge in [0.2, 0.25) is 10.0 Å². The Morgan fingerprint density at radius 1 is 1.20 bits per heavy atom. The average Bonchev–Trinajstić information content (AvgIpc) is 2.25. The molecule has 1 rings (SSSR count). The standard InChI is InChI=1S/C11H12F5NO2S/c1-2-6-20(18,19)17-10(11(14,15)16)9-7(12)4-3-5-8(9)13/h3-5,10,17H,2,6H2,1H3/t10-/m0/s1. The topological polar surface area (TPSA) is 46.2 Å². The second-order valence-electron chi connectivity index (χ2n) is 4.05. The Balaban J connectivity index is 3.29. The van der Waals surface area contributed by atoms with Gasteiger partial charge in [0, 0.05) is 0 Å². The van der Waals surface area contributed by atoms with Gasteiger partial charge in [0.15, 0.2) is 0 Å². The molecule has 0 amide bonds. The predicted octanol–water partition coefficient (Wildman–Crippen LogP) is 2.90. The largest absolute Gasteiger partial charge is 0.409 e. The molecular formula is C11H12F5NO2S. The van der Waals surface area contributed by atoms with Gasteiger partial charge in [-0.2, -0.15) is 17.9 Å². The summed E-state index contributed by atoms with van der Waals surface area (Å²) >= 11 is 0. The number of nitrogens with one attached hydrogen (secondary N) is 1. The van der Waals surface area contributed by atoms with E-state index in [2.05, 4.69) is 0 Å². The van der Waals surface area contributed by atoms with Gasteiger partial charge in [-0.1, -0.05) is 13.0 Å². The quantitative estimate of drug-likeness (QED) is 0.849. The molecule has 0 spiro atoms. The lowest BCUT2D eigenvalue weighted by Crippen LogP contribution is -2.40. The van der Waals surface area contributed by atoms with Crippen molar-refractivity contribution in [1.29, 1.82) is 0 Å². The Kier molecular flexibility index (Phi) is 5.09. The minimum absolute atomic E-state index is 0.0691. The van der Waals surface area contributed by atoms with Crippen LogP contribution < -0.4 is 4.72 Å². The highest BCUT2D eigenvalue weighted by atomic mass is 32.2. The van der Waals surface area contributed by atoms with Gasteiger partial charge in [0.25, 0.3) is 0 Å². The van der Waals surface area contributed by atoms with Gasteiger partial charge >= 0.3 is 6.18 Å². The second-order valence-corrected chi connectivity index (χ2v) is 5.92. The highest BCUT2D eigenvalue weighted by Gasteiger charge is 2.45. The third kappa shape index (κ3) is 4.14. The Labute approximate surface area is 112 Å². The monoisotopic (exact) mass is 317 g/mol. The molecule has 0 aliphatic carbocycles. The minimum Gasteiger partial charge on any atom is -0.212 e. The Morgan fingerprint density at radius 2 is 1.70 bits per heavy atom. The summed E-state index contributed by atoms with van der Waals surface area (Å²) in [6.45, 7) is 1.45. The number of hydrogen-bond donors (Lipinski definition) is 1. The lowest BCUT2D eigenvalue weighted by Gasteiger charge is -2.22. The van der Waals surface area contributed by atoms with E-state index in [1.54, 1.807) is 0 Å². The molecule has 0 aromatic heterocycles. The van der Waals surface area contributed by atoms with Crippen molar-refractivity contribution in [2.24, 2.45) is 0 Å². The lowest BCUT2D eigenvalue weighted by atomic mass is 10.1. The van der Waals surface area contributed by atoms with Gasteiger partial charge in [-0.3, -0.25) is 0 Å². The molecule has 114 valence electrons. The van der Waals surface area contributed by atoms with Crippen molar-refractivity contribution in [1.82, 2.24) is 4.72 Å². The summed E-state index contributed by atoms with van der Waals surface area (Å²) in [4.78, 5) is 0. The zero-order chi connectivity index (χ0) is 15.6. The molecule has 0 aliphatic heterocycles. The number of alkyl halides is 3. The van der Waals surface area contributed by atoms with Crippen LogP contribution in [0.25, 0.3) is 0 Å². The van der Waals surface area contributed by atoms with E-state index in [9.17, 15) is 30.4 Å². The molecule has 0 aliphatic rings. The molecular weight excluding hydrogens is 305 g/mol. The first-order valence-electron chi connectivity index (χ1n) is 5.59. The van der Waals surface area contributed by atoms with Crippen LogP contribution in [0, 0.1) is 11.6 Å². The molecule has 0 radical (unpaired) electrons. The summed E-state index contributed by atoms with van der Waals surface area (Å²) in [5.74, 6) is -3.51. The zero-order valence-corrected chi connectivity index (χ0v) is 11.2. The van der Waals surface area contributed by atoms with E-state index < -0.39 is 45.2 Å². The molecule has 0 fully saturated rings. The van der Waals surface area contributed by atoms with Crippen LogP contribution in [-0.2, 0) is 10.0 Å². The molecule has 1 atom stereocenters. The highest BCUT2D eigenvalue weighted by molar-refractivity contribution is 7.89. The van der Waals surface area contributed by atoms with Crippen molar-refractivity contribution in [2.45, 2.75) is 25.6 Å². The van der Waals surface area contributed by atoms with E-state index in [0.29, 0.717) is 12.1 Å². The molecule has 20 heavy (non-hydrogen) atoms. The van der Waals surface area contributed by atoms with Crippen LogP contribution in [0.15, 0.2) is 18.2 Å². The molecule has 0 unspecified atom stereocenters. The van der Waals surface area contributed by atoms with E-state index in [1.807, 2.05) is 0 Å². The van der Waals surface area contributed by atoms with E-state index in [1.165, 1.54) is 11.6 Å². The fourth-order valence-electron chi connectivity index (χ4n) is 1.58. The fourth-order valence-corrected chi connectivity index (χ4v) is 2.85. The van der Waals surface area contributed by atoms with Gasteiger partial charge in [-0.25, -0.2) is 17.2 Å². The van der Waals surface area contributed by atoms with Crippen molar-refractivity contribution in [3.8, 4) is 0 Å². The summed E-state index contributed by atoms with van der Waals surface area (Å²) in [6, 6.07) is -0.807. The van der Waals surface area contributed by atoms with Crippen molar-refractivity contribution >= 4 is 10.0 Å². The van der Waals surface area contributed by atoms with E-state index in [-0.39, 0.29) is 6.42 Å². The van der Waals surface area contributed by atoms with Gasteiger partial charge < -0.3 is 0 Å². The van der Waals surface area contributed by atoms with Crippen LogP contribution in [0.5, 0.6) is 0 Å². The maximum absolute atomic E-state index is 13.4. The highest BCUT2D eigenvalue weighted by Crippen LogP contribution is 2.35. The molecule has 0 saturated carbocycles. The summed E-state index contributed by atoms with van der Waals surface area (Å²) in [7, 11) is -4.30. The SMILES string of the molecule is CCCS(=O)(=O)N[C@@H](c1c(F)cccc1F)C(F)(F)F. The number of benzene rings is 1. The van der Waals surface area contributed by atoms with Gasteiger partial charge in [-0.05, 0) is 18.6 Å². The average molecular weight is 317 g/mol. The Bertz CT molecular complexity index is 550. The first-order chi connectivity index (χ1) is 9.08. The van der Waals surface area contributed by atoms with Crippen LogP contribution in [0.4, 0.5) is 22.0 Å². The number of sulfonamides is 1. The first-order valence-corrected chi connectivity index (χ1v) is 7.24. The molecule has 9 heteroatoms. The van der Waals surface area contributed by atoms with E-state index in [4.69, 9.17) is 0 Å². The normalized spacial score (nSPS) is 14.3. The maximum Gasteiger partial charge on any atom is 0.409 e. The smallest absolute Gasteiger partial charge is 0.212 e. The summed E-state index contributed by atoms with van der Waals surface area (Å²) in [5.41, 5.74) is -1.36. The van der Waals surface area contributed by atoms with Crippen molar-refractivity contribution in [3.05, 3.63) is 35.4 Å². The Morgan fingerprint density at radius 3 is 2.10 bits per heavy atom. The summed E-state index contributed by atoms with van der Waals surface area (Å²) < 4.78 is 89.6. The van der Waals surface area contributed by atoms with Crippen LogP contribution >= 0.6 is 0 Å². The maximum atomic E-state index is 13.4. The number of rotatable bonds is 5. The second kappa shape index (κ2) is 6.04. The van der Waals surface area contributed by atoms with E-state index in [0.717, 1.165) is 6.07 Å². The first kappa shape index (κ1) is 16.8. The van der Waals surface area contributed by atoms with Crippen LogP contribution in [-0.4, -0.2) is 20.3 Å². The molecule has 1 aromatic carbocycles. The van der Waals surface area contributed by atoms with Crippen molar-refractivity contribution in [3.63, 3.8) is 0 Å². The van der Waals surface area contributed by atoms with Crippen LogP contribution in [0.2, 0.25) is 0 Å². The Hall–Kier alpha value is -1.22. The van der Waals surface area contributed by atoms with E-state index >= 15 is 0 Å². The third-order valence-electron chi connectivity index (χ3n) is 2.39. The van der Waals surface area contributed by atoms with Gasteiger partial charge in [-0.15, -0.1) is 0 Å². The van der Waals surface area contributed by atoms with Gasteiger partial charge in [0.1, 0.15) is 17.7 Å². The summed E-state index contributed by atoms with van der Waals surface area (Å²) in [6.07, 6.45) is -5.09. The molecule has 0 bridgehead atoms. The predicted molar refractivity (Wildman–Crippen MR) is 62.4 cm³/mol. The summed E-state index contributed by atoms with van der Waals surface area (Å²) in [5, 5.41) is 0. The van der Waals surface area contributed by atoms with Crippen molar-refractivity contribution < 1.29 is 30.4 Å². The minimum atomic E-state index is -5.16.